The first-order valence-electron chi connectivity index (χ1n) is 4.22. The molecule has 1 amide bonds. The minimum atomic E-state index is -1.13. The quantitative estimate of drug-likeness (QED) is 0.745. The fraction of sp³-hybridized carbons (Fsp3) is 0.375. The second kappa shape index (κ2) is 3.42. The molecule has 1 aromatic rings. The van der Waals surface area contributed by atoms with E-state index in [4.69, 9.17) is 16.7 Å². The molecule has 0 atom stereocenters. The van der Waals surface area contributed by atoms with Gasteiger partial charge in [0.15, 0.2) is 5.15 Å². The molecule has 0 saturated carbocycles. The van der Waals surface area contributed by atoms with E-state index in [9.17, 15) is 4.79 Å². The minimum Gasteiger partial charge on any atom is -0.465 e. The maximum absolute atomic E-state index is 10.5. The third kappa shape index (κ3) is 1.50. The van der Waals surface area contributed by atoms with Crippen LogP contribution in [0.4, 0.5) is 10.5 Å². The van der Waals surface area contributed by atoms with E-state index in [0.29, 0.717) is 5.69 Å². The number of carboxylic acid groups (broad SMARTS) is 1. The van der Waals surface area contributed by atoms with Crippen LogP contribution in [-0.4, -0.2) is 21.4 Å². The summed E-state index contributed by atoms with van der Waals surface area (Å²) in [4.78, 5) is 10.5. The third-order valence-electron chi connectivity index (χ3n) is 2.19. The molecule has 1 heterocycles. The van der Waals surface area contributed by atoms with Crippen LogP contribution in [0, 0.1) is 0 Å². The molecule has 1 aromatic heterocycles. The zero-order valence-corrected chi connectivity index (χ0v) is 8.01. The van der Waals surface area contributed by atoms with Crippen LogP contribution in [0.1, 0.15) is 17.7 Å². The Hall–Kier alpha value is -1.36. The van der Waals surface area contributed by atoms with Gasteiger partial charge < -0.3 is 5.11 Å². The molecule has 0 spiro atoms. The number of nitrogens with one attached hydrogen (secondary N) is 1. The molecule has 6 heteroatoms. The van der Waals surface area contributed by atoms with E-state index in [2.05, 4.69) is 15.5 Å². The number of carbonyl (C=O) groups is 1. The van der Waals surface area contributed by atoms with E-state index < -0.39 is 6.09 Å². The zero-order valence-electron chi connectivity index (χ0n) is 7.25. The van der Waals surface area contributed by atoms with E-state index >= 15 is 0 Å². The Bertz CT molecular complexity index is 394. The average Bonchev–Trinajstić information content (AvgIpc) is 2.57. The molecule has 0 aromatic carbocycles. The molecule has 0 fully saturated rings. The predicted molar refractivity (Wildman–Crippen MR) is 50.7 cm³/mol. The van der Waals surface area contributed by atoms with Crippen molar-refractivity contribution in [2.24, 2.45) is 0 Å². The molecular weight excluding hydrogens is 206 g/mol. The van der Waals surface area contributed by atoms with Gasteiger partial charge in [0.1, 0.15) is 0 Å². The van der Waals surface area contributed by atoms with Gasteiger partial charge in [-0.05, 0) is 19.3 Å². The van der Waals surface area contributed by atoms with Crippen LogP contribution in [0.15, 0.2) is 0 Å². The van der Waals surface area contributed by atoms with Crippen LogP contribution >= 0.6 is 11.6 Å². The summed E-state index contributed by atoms with van der Waals surface area (Å²) in [5.41, 5.74) is 2.12. The fourth-order valence-corrected chi connectivity index (χ4v) is 1.82. The molecule has 0 unspecified atom stereocenters. The predicted octanol–water partition coefficient (Wildman–Crippen LogP) is 1.71. The summed E-state index contributed by atoms with van der Waals surface area (Å²) in [5.74, 6) is 0. The summed E-state index contributed by atoms with van der Waals surface area (Å²) in [6.45, 7) is 0. The number of hydrogen-bond acceptors (Lipinski definition) is 3. The van der Waals surface area contributed by atoms with Crippen LogP contribution < -0.4 is 5.32 Å². The smallest absolute Gasteiger partial charge is 0.409 e. The lowest BCUT2D eigenvalue weighted by Crippen LogP contribution is -2.11. The van der Waals surface area contributed by atoms with Crippen LogP contribution in [0.3, 0.4) is 0 Å². The molecule has 0 aliphatic heterocycles. The summed E-state index contributed by atoms with van der Waals surface area (Å²) in [5, 5.41) is 18.6. The summed E-state index contributed by atoms with van der Waals surface area (Å²) >= 11 is 5.75. The zero-order chi connectivity index (χ0) is 10.1. The molecule has 2 rings (SSSR count). The SMILES string of the molecule is O=C(O)Nc1c(Cl)nnc2c1CCC2. The van der Waals surface area contributed by atoms with Gasteiger partial charge in [0.05, 0.1) is 11.4 Å². The average molecular weight is 214 g/mol. The molecular formula is C8H8ClN3O2. The van der Waals surface area contributed by atoms with Crippen molar-refractivity contribution in [3.05, 3.63) is 16.4 Å². The number of rotatable bonds is 1. The number of aromatic nitrogens is 2. The lowest BCUT2D eigenvalue weighted by atomic mass is 10.2. The first-order valence-corrected chi connectivity index (χ1v) is 4.60. The van der Waals surface area contributed by atoms with E-state index in [-0.39, 0.29) is 5.15 Å². The Morgan fingerprint density at radius 1 is 1.43 bits per heavy atom. The summed E-state index contributed by atoms with van der Waals surface area (Å²) in [6.07, 6.45) is 1.49. The molecule has 1 aliphatic rings. The maximum atomic E-state index is 10.5. The largest absolute Gasteiger partial charge is 0.465 e. The number of amides is 1. The Morgan fingerprint density at radius 2 is 2.21 bits per heavy atom. The first kappa shape index (κ1) is 9.21. The van der Waals surface area contributed by atoms with E-state index in [0.717, 1.165) is 30.5 Å². The van der Waals surface area contributed by atoms with Crippen LogP contribution in [0.2, 0.25) is 5.15 Å². The Balaban J connectivity index is 2.46. The second-order valence-corrected chi connectivity index (χ2v) is 3.43. The van der Waals surface area contributed by atoms with E-state index in [1.807, 2.05) is 0 Å². The standard InChI is InChI=1S/C8H8ClN3O2/c9-7-6(10-8(13)14)4-2-1-3-5(4)11-12-7/h1-3H2,(H,10,11)(H,13,14). The first-order chi connectivity index (χ1) is 6.68. The van der Waals surface area contributed by atoms with Gasteiger partial charge in [-0.3, -0.25) is 5.32 Å². The number of nitrogens with zero attached hydrogens (tertiary/aromatic N) is 2. The van der Waals surface area contributed by atoms with Gasteiger partial charge in [0.25, 0.3) is 0 Å². The molecule has 14 heavy (non-hydrogen) atoms. The Kier molecular flexibility index (Phi) is 2.25. The van der Waals surface area contributed by atoms with Crippen molar-refractivity contribution in [1.82, 2.24) is 10.2 Å². The van der Waals surface area contributed by atoms with Gasteiger partial charge >= 0.3 is 6.09 Å². The normalized spacial score (nSPS) is 13.8. The van der Waals surface area contributed by atoms with Crippen molar-refractivity contribution in [3.63, 3.8) is 0 Å². The van der Waals surface area contributed by atoms with Crippen molar-refractivity contribution < 1.29 is 9.90 Å². The molecule has 1 aliphatic carbocycles. The van der Waals surface area contributed by atoms with Crippen LogP contribution in [-0.2, 0) is 12.8 Å². The molecule has 5 nitrogen and oxygen atoms in total. The molecule has 0 saturated heterocycles. The highest BCUT2D eigenvalue weighted by atomic mass is 35.5. The minimum absolute atomic E-state index is 0.119. The van der Waals surface area contributed by atoms with Gasteiger partial charge in [0.2, 0.25) is 0 Å². The fourth-order valence-electron chi connectivity index (χ4n) is 1.62. The number of fused-ring (bicyclic) bond motifs is 1. The number of hydrogen-bond donors (Lipinski definition) is 2. The number of halogens is 1. The van der Waals surface area contributed by atoms with Gasteiger partial charge in [-0.2, -0.15) is 5.10 Å². The van der Waals surface area contributed by atoms with Crippen molar-refractivity contribution >= 4 is 23.4 Å². The highest BCUT2D eigenvalue weighted by Crippen LogP contribution is 2.31. The van der Waals surface area contributed by atoms with Gasteiger partial charge in [0, 0.05) is 5.56 Å². The Labute approximate surface area is 85.1 Å². The molecule has 0 bridgehead atoms. The highest BCUT2D eigenvalue weighted by Gasteiger charge is 2.20. The van der Waals surface area contributed by atoms with Gasteiger partial charge in [-0.15, -0.1) is 5.10 Å². The number of aryl methyl sites for hydroxylation is 1. The monoisotopic (exact) mass is 213 g/mol. The maximum Gasteiger partial charge on any atom is 0.409 e. The summed E-state index contributed by atoms with van der Waals surface area (Å²) in [6, 6.07) is 0. The molecule has 2 N–H and O–H groups in total. The van der Waals surface area contributed by atoms with Gasteiger partial charge in [-0.1, -0.05) is 11.6 Å². The lowest BCUT2D eigenvalue weighted by Gasteiger charge is -2.07. The highest BCUT2D eigenvalue weighted by molar-refractivity contribution is 6.32. The van der Waals surface area contributed by atoms with Crippen LogP contribution in [0.25, 0.3) is 0 Å². The summed E-state index contributed by atoms with van der Waals surface area (Å²) < 4.78 is 0. The second-order valence-electron chi connectivity index (χ2n) is 3.07. The van der Waals surface area contributed by atoms with Crippen molar-refractivity contribution in [3.8, 4) is 0 Å². The third-order valence-corrected chi connectivity index (χ3v) is 2.45. The van der Waals surface area contributed by atoms with E-state index in [1.165, 1.54) is 0 Å². The molecule has 0 radical (unpaired) electrons. The van der Waals surface area contributed by atoms with E-state index in [1.54, 1.807) is 0 Å². The topological polar surface area (TPSA) is 75.1 Å². The Morgan fingerprint density at radius 3 is 2.93 bits per heavy atom. The van der Waals surface area contributed by atoms with Crippen molar-refractivity contribution in [2.75, 3.05) is 5.32 Å². The summed E-state index contributed by atoms with van der Waals surface area (Å²) in [7, 11) is 0. The van der Waals surface area contributed by atoms with Crippen molar-refractivity contribution in [2.45, 2.75) is 19.3 Å². The van der Waals surface area contributed by atoms with Crippen LogP contribution in [0.5, 0.6) is 0 Å². The van der Waals surface area contributed by atoms with Crippen molar-refractivity contribution in [1.29, 1.82) is 0 Å². The lowest BCUT2D eigenvalue weighted by molar-refractivity contribution is 0.209. The number of anilines is 1. The molecule has 74 valence electrons. The van der Waals surface area contributed by atoms with Gasteiger partial charge in [-0.25, -0.2) is 4.79 Å².